The average molecular weight is 961 g/mol. The minimum atomic E-state index is -1.06. The van der Waals surface area contributed by atoms with Gasteiger partial charge in [0.25, 0.3) is 11.8 Å². The van der Waals surface area contributed by atoms with Crippen LogP contribution in [0.25, 0.3) is 33.3 Å². The summed E-state index contributed by atoms with van der Waals surface area (Å²) in [6, 6.07) is 30.9. The molecule has 16 heteroatoms. The third-order valence-electron chi connectivity index (χ3n) is 12.2. The van der Waals surface area contributed by atoms with Crippen LogP contribution < -0.4 is 21.3 Å². The Hall–Kier alpha value is -8.01. The minimum Gasteiger partial charge on any atom is -0.444 e. The van der Waals surface area contributed by atoms with E-state index < -0.39 is 59.4 Å². The molecule has 4 atom stereocenters. The number of aromatic nitrogens is 2. The van der Waals surface area contributed by atoms with Gasteiger partial charge in [0.1, 0.15) is 35.4 Å². The number of nitrogens with one attached hydrogen (secondary N) is 5. The topological polar surface area (TPSA) is 204 Å². The van der Waals surface area contributed by atoms with Crippen molar-refractivity contribution < 1.29 is 38.2 Å². The zero-order valence-electron chi connectivity index (χ0n) is 40.8. The number of nitrogens with zero attached hydrogens (tertiary/aromatic N) is 3. The van der Waals surface area contributed by atoms with Crippen molar-refractivity contribution in [2.75, 3.05) is 23.7 Å². The molecule has 16 nitrogen and oxygen atoms in total. The Balaban J connectivity index is 0.994. The van der Waals surface area contributed by atoms with Gasteiger partial charge in [-0.3, -0.25) is 24.2 Å². The van der Waals surface area contributed by atoms with E-state index in [0.717, 1.165) is 33.3 Å². The molecule has 2 saturated heterocycles. The fourth-order valence-electron chi connectivity index (χ4n) is 9.13. The molecule has 0 bridgehead atoms. The standard InChI is InChI=1S/C55H60N8O8/c1-54(2,3)70-52(68)60-46(35-15-9-7-10-16-35)50(66)62-31-13-19-42(62)48(64)57-38-23-21-37(22-24-38)45-44(34-27-29-56-30-28-34)40-33-39(25-26-41(40)59-45)58-49(65)43-20-14-32-63(43)51(67)47(36-17-11-8-12-18-36)61-53(69)71-55(4,5)6/h7-12,15-18,21-30,33,42-43,46-47,59H,13-14,19-20,31-32H2,1-6H3,(H,57,64)(H,58,65)(H,60,68)(H,61,69)/t42-,43-,46+,47+/m0/s1. The Bertz CT molecular complexity index is 2900. The number of pyridine rings is 1. The van der Waals surface area contributed by atoms with Gasteiger partial charge in [0, 0.05) is 53.3 Å². The second-order valence-corrected chi connectivity index (χ2v) is 19.8. The van der Waals surface area contributed by atoms with Gasteiger partial charge in [0.15, 0.2) is 0 Å². The smallest absolute Gasteiger partial charge is 0.408 e. The van der Waals surface area contributed by atoms with Crippen LogP contribution in [0, 0.1) is 0 Å². The summed E-state index contributed by atoms with van der Waals surface area (Å²) in [5.41, 5.74) is 4.80. The molecule has 2 aromatic heterocycles. The largest absolute Gasteiger partial charge is 0.444 e. The molecule has 2 aliphatic rings. The number of aromatic amines is 1. The third kappa shape index (κ3) is 11.9. The number of anilines is 2. The van der Waals surface area contributed by atoms with Crippen molar-refractivity contribution in [1.29, 1.82) is 0 Å². The van der Waals surface area contributed by atoms with Gasteiger partial charge >= 0.3 is 12.2 Å². The highest BCUT2D eigenvalue weighted by Crippen LogP contribution is 2.40. The number of hydrogen-bond acceptors (Lipinski definition) is 9. The first kappa shape index (κ1) is 49.4. The number of fused-ring (bicyclic) bond motifs is 1. The minimum absolute atomic E-state index is 0.341. The highest BCUT2D eigenvalue weighted by molar-refractivity contribution is 6.07. The van der Waals surface area contributed by atoms with Crippen LogP contribution in [0.1, 0.15) is 90.4 Å². The van der Waals surface area contributed by atoms with Crippen LogP contribution >= 0.6 is 0 Å². The van der Waals surface area contributed by atoms with Crippen LogP contribution in [0.15, 0.2) is 128 Å². The molecule has 2 fully saturated rings. The van der Waals surface area contributed by atoms with Crippen molar-refractivity contribution in [3.05, 3.63) is 139 Å². The lowest BCUT2D eigenvalue weighted by Crippen LogP contribution is -2.49. The molecule has 0 spiro atoms. The summed E-state index contributed by atoms with van der Waals surface area (Å²) in [7, 11) is 0. The summed E-state index contributed by atoms with van der Waals surface area (Å²) in [5.74, 6) is -1.51. The van der Waals surface area contributed by atoms with E-state index in [4.69, 9.17) is 9.47 Å². The van der Waals surface area contributed by atoms with E-state index in [0.29, 0.717) is 61.3 Å². The van der Waals surface area contributed by atoms with Crippen molar-refractivity contribution in [3.63, 3.8) is 0 Å². The van der Waals surface area contributed by atoms with Crippen molar-refractivity contribution >= 4 is 58.1 Å². The molecule has 0 aliphatic carbocycles. The third-order valence-corrected chi connectivity index (χ3v) is 12.2. The molecule has 2 aliphatic heterocycles. The van der Waals surface area contributed by atoms with Crippen molar-refractivity contribution in [2.45, 2.75) is 103 Å². The first-order chi connectivity index (χ1) is 33.9. The number of alkyl carbamates (subject to hydrolysis) is 2. The quantitative estimate of drug-likeness (QED) is 0.0792. The fourth-order valence-corrected chi connectivity index (χ4v) is 9.13. The molecular formula is C55H60N8O8. The van der Waals surface area contributed by atoms with E-state index in [-0.39, 0.29) is 11.8 Å². The molecule has 368 valence electrons. The molecule has 5 N–H and O–H groups in total. The zero-order valence-corrected chi connectivity index (χ0v) is 40.8. The summed E-state index contributed by atoms with van der Waals surface area (Å²) in [4.78, 5) is 93.2. The predicted octanol–water partition coefficient (Wildman–Crippen LogP) is 9.29. The van der Waals surface area contributed by atoms with E-state index in [1.54, 1.807) is 121 Å². The van der Waals surface area contributed by atoms with Gasteiger partial charge in [-0.1, -0.05) is 72.8 Å². The Labute approximate surface area is 412 Å². The first-order valence-corrected chi connectivity index (χ1v) is 23.9. The molecule has 0 radical (unpaired) electrons. The summed E-state index contributed by atoms with van der Waals surface area (Å²) >= 11 is 0. The van der Waals surface area contributed by atoms with Crippen molar-refractivity contribution in [3.8, 4) is 22.4 Å². The molecule has 0 unspecified atom stereocenters. The Morgan fingerprint density at radius 3 is 1.54 bits per heavy atom. The van der Waals surface area contributed by atoms with E-state index in [9.17, 15) is 28.8 Å². The lowest BCUT2D eigenvalue weighted by molar-refractivity contribution is -0.138. The van der Waals surface area contributed by atoms with Crippen LogP contribution in [-0.4, -0.2) is 92.0 Å². The zero-order chi connectivity index (χ0) is 50.5. The Morgan fingerprint density at radius 1 is 0.592 bits per heavy atom. The fraction of sp³-hybridized carbons (Fsp3) is 0.327. The van der Waals surface area contributed by atoms with E-state index in [2.05, 4.69) is 31.2 Å². The molecular weight excluding hydrogens is 901 g/mol. The SMILES string of the molecule is CC(C)(C)OC(=O)N[C@@H](C(=O)N1CCC[C@H]1C(=O)Nc1ccc(-c2[nH]c3ccc(NC(=O)[C@@H]4CCCN4C(=O)[C@H](NC(=O)OC(C)(C)C)c4ccccc4)cc3c2-c2ccncc2)cc1)c1ccccc1. The molecule has 71 heavy (non-hydrogen) atoms. The highest BCUT2D eigenvalue weighted by Gasteiger charge is 2.40. The van der Waals surface area contributed by atoms with Gasteiger partial charge in [-0.05, 0) is 132 Å². The molecule has 6 aromatic rings. The maximum atomic E-state index is 14.2. The number of hydrogen-bond donors (Lipinski definition) is 5. The van der Waals surface area contributed by atoms with Gasteiger partial charge in [-0.2, -0.15) is 0 Å². The average Bonchev–Trinajstić information content (AvgIpc) is 4.12. The molecule has 4 aromatic carbocycles. The number of carbonyl (C=O) groups is 6. The lowest BCUT2D eigenvalue weighted by atomic mass is 9.98. The number of rotatable bonds is 12. The van der Waals surface area contributed by atoms with E-state index in [1.807, 2.05) is 48.5 Å². The van der Waals surface area contributed by atoms with E-state index >= 15 is 0 Å². The van der Waals surface area contributed by atoms with Gasteiger partial charge in [0.2, 0.25) is 11.8 Å². The molecule has 0 saturated carbocycles. The van der Waals surface area contributed by atoms with Gasteiger partial charge in [-0.25, -0.2) is 9.59 Å². The van der Waals surface area contributed by atoms with E-state index in [1.165, 1.54) is 9.80 Å². The molecule has 8 rings (SSSR count). The second-order valence-electron chi connectivity index (χ2n) is 19.8. The van der Waals surface area contributed by atoms with Crippen LogP contribution in [-0.2, 0) is 28.7 Å². The van der Waals surface area contributed by atoms with Crippen LogP contribution in [0.3, 0.4) is 0 Å². The van der Waals surface area contributed by atoms with Crippen molar-refractivity contribution in [1.82, 2.24) is 30.4 Å². The summed E-state index contributed by atoms with van der Waals surface area (Å²) in [6.45, 7) is 11.2. The maximum absolute atomic E-state index is 14.2. The van der Waals surface area contributed by atoms with Crippen LogP contribution in [0.5, 0.6) is 0 Å². The Kier molecular flexibility index (Phi) is 14.6. The highest BCUT2D eigenvalue weighted by atomic mass is 16.6. The summed E-state index contributed by atoms with van der Waals surface area (Å²) < 4.78 is 11.0. The van der Waals surface area contributed by atoms with Gasteiger partial charge in [-0.15, -0.1) is 0 Å². The van der Waals surface area contributed by atoms with Crippen LogP contribution in [0.2, 0.25) is 0 Å². The number of ether oxygens (including phenoxy) is 2. The maximum Gasteiger partial charge on any atom is 0.408 e. The van der Waals surface area contributed by atoms with Crippen LogP contribution in [0.4, 0.5) is 21.0 Å². The second kappa shape index (κ2) is 20.9. The monoisotopic (exact) mass is 960 g/mol. The predicted molar refractivity (Wildman–Crippen MR) is 271 cm³/mol. The molecule has 6 amide bonds. The van der Waals surface area contributed by atoms with Gasteiger partial charge < -0.3 is 45.5 Å². The first-order valence-electron chi connectivity index (χ1n) is 23.9. The normalized spacial score (nSPS) is 16.7. The number of amides is 6. The summed E-state index contributed by atoms with van der Waals surface area (Å²) in [5, 5.41) is 12.4. The Morgan fingerprint density at radius 2 is 1.06 bits per heavy atom. The van der Waals surface area contributed by atoms with Crippen molar-refractivity contribution in [2.24, 2.45) is 0 Å². The number of carbonyl (C=O) groups excluding carboxylic acids is 6. The number of H-pyrrole nitrogens is 1. The number of benzene rings is 4. The summed E-state index contributed by atoms with van der Waals surface area (Å²) in [6.07, 6.45) is 4.06. The number of likely N-dealkylation sites (tertiary alicyclic amines) is 2. The van der Waals surface area contributed by atoms with Gasteiger partial charge in [0.05, 0.1) is 5.69 Å². The molecule has 4 heterocycles. The lowest BCUT2D eigenvalue weighted by Gasteiger charge is -2.29.